The summed E-state index contributed by atoms with van der Waals surface area (Å²) in [6, 6.07) is 31.0. The van der Waals surface area contributed by atoms with Gasteiger partial charge in [-0.25, -0.2) is 0 Å². The Hall–Kier alpha value is -3.52. The van der Waals surface area contributed by atoms with E-state index in [1.165, 1.54) is 0 Å². The van der Waals surface area contributed by atoms with Crippen molar-refractivity contribution in [1.29, 1.82) is 0 Å². The fourth-order valence-corrected chi connectivity index (χ4v) is 2.90. The topological polar surface area (TPSA) is 24.1 Å². The molecule has 0 unspecified atom stereocenters. The van der Waals surface area contributed by atoms with Gasteiger partial charge in [0.15, 0.2) is 0 Å². The first-order valence-electron chi connectivity index (χ1n) is 8.71. The lowest BCUT2D eigenvalue weighted by Gasteiger charge is -2.01. The zero-order chi connectivity index (χ0) is 17.6. The minimum Gasteiger partial charge on any atom is -0.340 e. The van der Waals surface area contributed by atoms with Crippen LogP contribution in [0.4, 0.5) is 0 Å². The van der Waals surface area contributed by atoms with Gasteiger partial charge in [0.25, 0.3) is 0 Å². The largest absolute Gasteiger partial charge is 0.340 e. The van der Waals surface area contributed by atoms with Gasteiger partial charge in [0, 0.05) is 0 Å². The molecule has 26 heavy (non-hydrogen) atoms. The summed E-state index contributed by atoms with van der Waals surface area (Å²) in [7, 11) is 0. The Labute approximate surface area is 154 Å². The Balaban J connectivity index is 1.70. The molecule has 2 nitrogen and oxygen atoms in total. The zero-order valence-electron chi connectivity index (χ0n) is 14.4. The quantitative estimate of drug-likeness (QED) is 0.682. The number of nitrogens with one attached hydrogen (secondary N) is 2. The third-order valence-electron chi connectivity index (χ3n) is 4.16. The van der Waals surface area contributed by atoms with E-state index in [-0.39, 0.29) is 0 Å². The van der Waals surface area contributed by atoms with Crippen molar-refractivity contribution in [2.45, 2.75) is 0 Å². The lowest BCUT2D eigenvalue weighted by Crippen LogP contribution is -2.08. The molecule has 0 amide bonds. The highest BCUT2D eigenvalue weighted by Crippen LogP contribution is 2.22. The van der Waals surface area contributed by atoms with E-state index in [9.17, 15) is 0 Å². The molecule has 1 aliphatic rings. The average molecular weight is 336 g/mol. The second-order valence-corrected chi connectivity index (χ2v) is 6.16. The minimum absolute atomic E-state index is 0.973. The predicted molar refractivity (Wildman–Crippen MR) is 110 cm³/mol. The molecule has 1 fully saturated rings. The summed E-state index contributed by atoms with van der Waals surface area (Å²) in [5.41, 5.74) is 5.60. The molecule has 2 heteroatoms. The van der Waals surface area contributed by atoms with Crippen molar-refractivity contribution in [3.63, 3.8) is 0 Å². The van der Waals surface area contributed by atoms with Crippen molar-refractivity contribution in [3.05, 3.63) is 125 Å². The second kappa shape index (κ2) is 7.58. The van der Waals surface area contributed by atoms with Gasteiger partial charge in [-0.15, -0.1) is 0 Å². The Morgan fingerprint density at radius 1 is 0.423 bits per heavy atom. The molecule has 2 N–H and O–H groups in total. The Morgan fingerprint density at radius 2 is 0.769 bits per heavy atom. The molecule has 0 bridgehead atoms. The summed E-state index contributed by atoms with van der Waals surface area (Å²) in [6.07, 6.45) is 6.44. The fourth-order valence-electron chi connectivity index (χ4n) is 2.90. The molecule has 0 spiro atoms. The maximum absolute atomic E-state index is 3.50. The van der Waals surface area contributed by atoms with Gasteiger partial charge in [0.05, 0.1) is 11.4 Å². The lowest BCUT2D eigenvalue weighted by atomic mass is 10.1. The molecule has 3 aromatic carbocycles. The van der Waals surface area contributed by atoms with E-state index >= 15 is 0 Å². The number of rotatable bonds is 3. The first-order chi connectivity index (χ1) is 12.9. The maximum atomic E-state index is 3.50. The molecule has 0 aliphatic carbocycles. The van der Waals surface area contributed by atoms with Gasteiger partial charge in [-0.05, 0) is 34.9 Å². The van der Waals surface area contributed by atoms with Crippen molar-refractivity contribution in [2.75, 3.05) is 0 Å². The number of hydrogen-bond donors (Lipinski definition) is 2. The average Bonchev–Trinajstić information content (AvgIpc) is 3.05. The van der Waals surface area contributed by atoms with Crippen LogP contribution in [0.2, 0.25) is 0 Å². The number of hydrogen-bond acceptors (Lipinski definition) is 2. The minimum atomic E-state index is 0.973. The highest BCUT2D eigenvalue weighted by atomic mass is 15.2. The summed E-state index contributed by atoms with van der Waals surface area (Å²) in [4.78, 5) is 0. The van der Waals surface area contributed by atoms with E-state index in [1.54, 1.807) is 0 Å². The van der Waals surface area contributed by atoms with Crippen LogP contribution in [-0.4, -0.2) is 0 Å². The molecule has 0 saturated carbocycles. The molecule has 3 aromatic rings. The predicted octanol–water partition coefficient (Wildman–Crippen LogP) is 5.26. The first kappa shape index (κ1) is 16.0. The van der Waals surface area contributed by atoms with Crippen LogP contribution in [-0.2, 0) is 0 Å². The van der Waals surface area contributed by atoms with E-state index in [4.69, 9.17) is 0 Å². The van der Waals surface area contributed by atoms with Gasteiger partial charge in [-0.1, -0.05) is 91.0 Å². The van der Waals surface area contributed by atoms with E-state index < -0.39 is 0 Å². The summed E-state index contributed by atoms with van der Waals surface area (Å²) < 4.78 is 0. The van der Waals surface area contributed by atoms with Crippen LogP contribution in [0.15, 0.2) is 108 Å². The first-order valence-corrected chi connectivity index (χ1v) is 8.71. The Morgan fingerprint density at radius 3 is 1.15 bits per heavy atom. The molecule has 0 aromatic heterocycles. The van der Waals surface area contributed by atoms with Crippen LogP contribution < -0.4 is 10.6 Å². The van der Waals surface area contributed by atoms with Gasteiger partial charge in [0.2, 0.25) is 0 Å². The molecule has 1 heterocycles. The van der Waals surface area contributed by atoms with Crippen LogP contribution in [0.5, 0.6) is 0 Å². The molecule has 0 atom stereocenters. The highest BCUT2D eigenvalue weighted by Gasteiger charge is 2.17. The van der Waals surface area contributed by atoms with Gasteiger partial charge >= 0.3 is 0 Å². The fraction of sp³-hybridized carbons (Fsp3) is 0. The van der Waals surface area contributed by atoms with Gasteiger partial charge in [0.1, 0.15) is 5.82 Å². The highest BCUT2D eigenvalue weighted by molar-refractivity contribution is 5.70. The summed E-state index contributed by atoms with van der Waals surface area (Å²) in [5, 5.41) is 7.00. The summed E-state index contributed by atoms with van der Waals surface area (Å²) >= 11 is 0. The third kappa shape index (κ3) is 3.93. The van der Waals surface area contributed by atoms with Crippen LogP contribution in [0.3, 0.4) is 0 Å². The van der Waals surface area contributed by atoms with Crippen molar-refractivity contribution in [3.8, 4) is 0 Å². The Bertz CT molecular complexity index is 893. The monoisotopic (exact) mass is 336 g/mol. The summed E-state index contributed by atoms with van der Waals surface area (Å²) in [6.45, 7) is 0. The van der Waals surface area contributed by atoms with E-state index in [0.717, 1.165) is 33.9 Å². The number of benzene rings is 3. The van der Waals surface area contributed by atoms with Crippen LogP contribution >= 0.6 is 0 Å². The standard InChI is InChI=1S/C24H20N2/c1-4-10-19(11-5-1)16-22-23(17-20-12-6-2-7-13-20)26-24(25-22)18-21-14-8-3-9-15-21/h1-18,25-26H. The maximum Gasteiger partial charge on any atom is 0.108 e. The normalized spacial score (nSPS) is 16.4. The Kier molecular flexibility index (Phi) is 4.66. The van der Waals surface area contributed by atoms with Crippen molar-refractivity contribution < 1.29 is 0 Å². The van der Waals surface area contributed by atoms with Gasteiger partial charge < -0.3 is 10.6 Å². The van der Waals surface area contributed by atoms with Crippen molar-refractivity contribution in [2.24, 2.45) is 0 Å². The molecular formula is C24H20N2. The van der Waals surface area contributed by atoms with Gasteiger partial charge in [-0.2, -0.15) is 0 Å². The molecule has 126 valence electrons. The molecule has 1 saturated heterocycles. The van der Waals surface area contributed by atoms with Crippen molar-refractivity contribution >= 4 is 18.2 Å². The molecular weight excluding hydrogens is 316 g/mol. The van der Waals surface area contributed by atoms with Gasteiger partial charge in [-0.3, -0.25) is 0 Å². The molecule has 4 rings (SSSR count). The zero-order valence-corrected chi connectivity index (χ0v) is 14.4. The van der Waals surface area contributed by atoms with E-state index in [1.807, 2.05) is 30.3 Å². The molecule has 1 aliphatic heterocycles. The SMILES string of the molecule is C(=C1NC(=Cc2ccccc2)C(=Cc2ccccc2)N1)c1ccccc1. The van der Waals surface area contributed by atoms with Crippen LogP contribution in [0.25, 0.3) is 18.2 Å². The molecule has 0 radical (unpaired) electrons. The van der Waals surface area contributed by atoms with Crippen molar-refractivity contribution in [1.82, 2.24) is 10.6 Å². The van der Waals surface area contributed by atoms with Crippen LogP contribution in [0.1, 0.15) is 16.7 Å². The smallest absolute Gasteiger partial charge is 0.108 e. The van der Waals surface area contributed by atoms with E-state index in [2.05, 4.69) is 89.5 Å². The summed E-state index contributed by atoms with van der Waals surface area (Å²) in [5.74, 6) is 0.973. The third-order valence-corrected chi connectivity index (χ3v) is 4.16. The van der Waals surface area contributed by atoms with E-state index in [0.29, 0.717) is 0 Å². The van der Waals surface area contributed by atoms with Crippen LogP contribution in [0, 0.1) is 0 Å². The second-order valence-electron chi connectivity index (χ2n) is 6.16. The lowest BCUT2D eigenvalue weighted by molar-refractivity contribution is 1.01.